The zero-order chi connectivity index (χ0) is 13.2. The second kappa shape index (κ2) is 8.66. The van der Waals surface area contributed by atoms with Crippen LogP contribution in [0.15, 0.2) is 29.2 Å². The fraction of sp³-hybridized carbons (Fsp3) is 0.400. The zero-order valence-corrected chi connectivity index (χ0v) is 11.8. The van der Waals surface area contributed by atoms with Gasteiger partial charge in [-0.25, -0.2) is 0 Å². The Kier molecular flexibility index (Phi) is 7.05. The monoisotopic (exact) mass is 261 g/mol. The number of amides is 1. The Morgan fingerprint density at radius 1 is 1.33 bits per heavy atom. The van der Waals surface area contributed by atoms with Crippen molar-refractivity contribution in [3.05, 3.63) is 29.8 Å². The summed E-state index contributed by atoms with van der Waals surface area (Å²) in [7, 11) is 0. The molecule has 1 aromatic rings. The van der Waals surface area contributed by atoms with Gasteiger partial charge in [-0.2, -0.15) is 0 Å². The van der Waals surface area contributed by atoms with E-state index < -0.39 is 0 Å². The average Bonchev–Trinajstić information content (AvgIpc) is 2.42. The van der Waals surface area contributed by atoms with Crippen LogP contribution in [0.4, 0.5) is 0 Å². The van der Waals surface area contributed by atoms with E-state index in [9.17, 15) is 4.79 Å². The average molecular weight is 261 g/mol. The summed E-state index contributed by atoms with van der Waals surface area (Å²) in [5.74, 6) is 5.97. The number of carbonyl (C=O) groups is 1. The van der Waals surface area contributed by atoms with Crippen LogP contribution in [-0.4, -0.2) is 18.7 Å². The van der Waals surface area contributed by atoms with Gasteiger partial charge in [0.25, 0.3) is 5.91 Å². The van der Waals surface area contributed by atoms with E-state index in [1.54, 1.807) is 11.8 Å². The molecular weight excluding hydrogens is 242 g/mol. The Hall–Kier alpha value is -1.40. The highest BCUT2D eigenvalue weighted by molar-refractivity contribution is 7.98. The molecule has 3 heteroatoms. The minimum absolute atomic E-state index is 0.0512. The van der Waals surface area contributed by atoms with Gasteiger partial charge >= 0.3 is 0 Å². The molecule has 0 saturated carbocycles. The number of unbranched alkanes of at least 4 members (excludes halogenated alkanes) is 2. The van der Waals surface area contributed by atoms with Crippen LogP contribution < -0.4 is 5.32 Å². The predicted octanol–water partition coefficient (Wildman–Crippen LogP) is 3.33. The normalized spacial score (nSPS) is 9.44. The van der Waals surface area contributed by atoms with Crippen molar-refractivity contribution in [3.8, 4) is 11.8 Å². The molecule has 1 rings (SSSR count). The van der Waals surface area contributed by atoms with Crippen molar-refractivity contribution in [1.29, 1.82) is 0 Å². The first-order chi connectivity index (χ1) is 8.79. The summed E-state index contributed by atoms with van der Waals surface area (Å²) in [6, 6.07) is 7.60. The Morgan fingerprint density at radius 2 is 2.11 bits per heavy atom. The third-order valence-corrected chi connectivity index (χ3v) is 3.27. The molecule has 0 radical (unpaired) electrons. The molecule has 0 aromatic heterocycles. The molecule has 0 bridgehead atoms. The number of hydrogen-bond donors (Lipinski definition) is 1. The van der Waals surface area contributed by atoms with Crippen molar-refractivity contribution < 1.29 is 4.79 Å². The van der Waals surface area contributed by atoms with Crippen LogP contribution in [0.3, 0.4) is 0 Å². The largest absolute Gasteiger partial charge is 0.341 e. The number of rotatable bonds is 5. The molecule has 0 atom stereocenters. The SMILES string of the molecule is CCCCC#CCNC(=O)c1ccccc1SC. The van der Waals surface area contributed by atoms with Gasteiger partial charge in [-0.05, 0) is 24.8 Å². The van der Waals surface area contributed by atoms with E-state index in [0.29, 0.717) is 6.54 Å². The van der Waals surface area contributed by atoms with E-state index in [2.05, 4.69) is 24.1 Å². The molecule has 0 aliphatic carbocycles. The quantitative estimate of drug-likeness (QED) is 0.500. The minimum Gasteiger partial charge on any atom is -0.341 e. The van der Waals surface area contributed by atoms with E-state index in [4.69, 9.17) is 0 Å². The lowest BCUT2D eigenvalue weighted by atomic mass is 10.2. The highest BCUT2D eigenvalue weighted by Gasteiger charge is 2.08. The molecule has 1 amide bonds. The molecular formula is C15H19NOS. The molecule has 0 heterocycles. The van der Waals surface area contributed by atoms with Gasteiger partial charge in [-0.15, -0.1) is 17.7 Å². The van der Waals surface area contributed by atoms with Gasteiger partial charge in [0.1, 0.15) is 0 Å². The lowest BCUT2D eigenvalue weighted by Gasteiger charge is -2.05. The fourth-order valence-electron chi connectivity index (χ4n) is 1.47. The summed E-state index contributed by atoms with van der Waals surface area (Å²) in [4.78, 5) is 12.9. The summed E-state index contributed by atoms with van der Waals surface area (Å²) >= 11 is 1.58. The van der Waals surface area contributed by atoms with Crippen LogP contribution in [0, 0.1) is 11.8 Å². The van der Waals surface area contributed by atoms with E-state index in [1.165, 1.54) is 0 Å². The van der Waals surface area contributed by atoms with Crippen molar-refractivity contribution in [2.45, 2.75) is 31.1 Å². The highest BCUT2D eigenvalue weighted by atomic mass is 32.2. The zero-order valence-electron chi connectivity index (χ0n) is 11.0. The van der Waals surface area contributed by atoms with Gasteiger partial charge in [0.05, 0.1) is 12.1 Å². The van der Waals surface area contributed by atoms with E-state index >= 15 is 0 Å². The van der Waals surface area contributed by atoms with Gasteiger partial charge in [0, 0.05) is 11.3 Å². The van der Waals surface area contributed by atoms with Crippen LogP contribution in [0.2, 0.25) is 0 Å². The van der Waals surface area contributed by atoms with Gasteiger partial charge in [-0.3, -0.25) is 4.79 Å². The van der Waals surface area contributed by atoms with Gasteiger partial charge < -0.3 is 5.32 Å². The Morgan fingerprint density at radius 3 is 2.83 bits per heavy atom. The molecule has 0 fully saturated rings. The molecule has 0 unspecified atom stereocenters. The van der Waals surface area contributed by atoms with Crippen molar-refractivity contribution in [3.63, 3.8) is 0 Å². The third-order valence-electron chi connectivity index (χ3n) is 2.47. The van der Waals surface area contributed by atoms with Gasteiger partial charge in [-0.1, -0.05) is 31.4 Å². The maximum Gasteiger partial charge on any atom is 0.253 e. The second-order valence-corrected chi connectivity index (χ2v) is 4.69. The Balaban J connectivity index is 2.47. The van der Waals surface area contributed by atoms with Gasteiger partial charge in [0.15, 0.2) is 0 Å². The summed E-state index contributed by atoms with van der Waals surface area (Å²) in [6.07, 6.45) is 5.16. The molecule has 0 aliphatic heterocycles. The summed E-state index contributed by atoms with van der Waals surface area (Å²) in [5.41, 5.74) is 0.723. The number of nitrogens with one attached hydrogen (secondary N) is 1. The maximum absolute atomic E-state index is 11.9. The third kappa shape index (κ3) is 4.85. The van der Waals surface area contributed by atoms with Gasteiger partial charge in [0.2, 0.25) is 0 Å². The molecule has 0 saturated heterocycles. The molecule has 0 spiro atoms. The maximum atomic E-state index is 11.9. The standard InChI is InChI=1S/C15H19NOS/c1-3-4-5-6-9-12-16-15(17)13-10-7-8-11-14(13)18-2/h7-8,10-11H,3-5,12H2,1-2H3,(H,16,17). The van der Waals surface area contributed by atoms with E-state index in [0.717, 1.165) is 29.7 Å². The van der Waals surface area contributed by atoms with Crippen molar-refractivity contribution >= 4 is 17.7 Å². The van der Waals surface area contributed by atoms with Crippen molar-refractivity contribution in [1.82, 2.24) is 5.32 Å². The molecule has 18 heavy (non-hydrogen) atoms. The van der Waals surface area contributed by atoms with E-state index in [1.807, 2.05) is 30.5 Å². The number of carbonyl (C=O) groups excluding carboxylic acids is 1. The molecule has 1 aromatic carbocycles. The Labute approximate surface area is 114 Å². The lowest BCUT2D eigenvalue weighted by Crippen LogP contribution is -2.24. The highest BCUT2D eigenvalue weighted by Crippen LogP contribution is 2.19. The number of benzene rings is 1. The first-order valence-corrected chi connectivity index (χ1v) is 7.39. The van der Waals surface area contributed by atoms with Crippen molar-refractivity contribution in [2.75, 3.05) is 12.8 Å². The lowest BCUT2D eigenvalue weighted by molar-refractivity contribution is 0.0956. The molecule has 1 N–H and O–H groups in total. The number of thioether (sulfide) groups is 1. The fourth-order valence-corrected chi connectivity index (χ4v) is 2.06. The first-order valence-electron chi connectivity index (χ1n) is 6.16. The molecule has 96 valence electrons. The topological polar surface area (TPSA) is 29.1 Å². The minimum atomic E-state index is -0.0512. The van der Waals surface area contributed by atoms with Crippen molar-refractivity contribution in [2.24, 2.45) is 0 Å². The van der Waals surface area contributed by atoms with Crippen LogP contribution >= 0.6 is 11.8 Å². The van der Waals surface area contributed by atoms with E-state index in [-0.39, 0.29) is 5.91 Å². The summed E-state index contributed by atoms with van der Waals surface area (Å²) < 4.78 is 0. The smallest absolute Gasteiger partial charge is 0.253 e. The summed E-state index contributed by atoms with van der Waals surface area (Å²) in [5, 5.41) is 2.82. The predicted molar refractivity (Wildman–Crippen MR) is 77.9 cm³/mol. The molecule has 2 nitrogen and oxygen atoms in total. The van der Waals surface area contributed by atoms with Crippen LogP contribution in [-0.2, 0) is 0 Å². The molecule has 0 aliphatic rings. The second-order valence-electron chi connectivity index (χ2n) is 3.84. The van der Waals surface area contributed by atoms with Crippen LogP contribution in [0.1, 0.15) is 36.5 Å². The Bertz CT molecular complexity index is 445. The van der Waals surface area contributed by atoms with Crippen LogP contribution in [0.25, 0.3) is 0 Å². The number of hydrogen-bond acceptors (Lipinski definition) is 2. The summed E-state index contributed by atoms with van der Waals surface area (Å²) in [6.45, 7) is 2.56. The first kappa shape index (κ1) is 14.7. The van der Waals surface area contributed by atoms with Crippen LogP contribution in [0.5, 0.6) is 0 Å².